The van der Waals surface area contributed by atoms with Gasteiger partial charge in [0.15, 0.2) is 11.5 Å². The highest BCUT2D eigenvalue weighted by atomic mass is 32.1. The summed E-state index contributed by atoms with van der Waals surface area (Å²) in [5.74, 6) is 0.368. The third-order valence-electron chi connectivity index (χ3n) is 5.50. The van der Waals surface area contributed by atoms with Crippen molar-refractivity contribution in [3.05, 3.63) is 45.6 Å². The Morgan fingerprint density at radius 3 is 2.52 bits per heavy atom. The first-order valence-electron chi connectivity index (χ1n) is 9.76. The number of carbonyl (C=O) groups is 2. The summed E-state index contributed by atoms with van der Waals surface area (Å²) in [6.45, 7) is 2.79. The molecule has 3 rings (SSSR count). The van der Waals surface area contributed by atoms with Crippen LogP contribution in [0.3, 0.4) is 0 Å². The maximum Gasteiger partial charge on any atom is 0.254 e. The Morgan fingerprint density at radius 2 is 1.93 bits per heavy atom. The summed E-state index contributed by atoms with van der Waals surface area (Å²) in [6, 6.07) is 7.05. The lowest BCUT2D eigenvalue weighted by atomic mass is 9.81. The number of rotatable bonds is 7. The number of hydrogen-bond donors (Lipinski definition) is 0. The smallest absolute Gasteiger partial charge is 0.254 e. The molecular formula is C22H28N2O4S. The minimum absolute atomic E-state index is 0.00432. The molecule has 2 amide bonds. The van der Waals surface area contributed by atoms with Crippen LogP contribution in [-0.4, -0.2) is 56.5 Å². The zero-order valence-corrected chi connectivity index (χ0v) is 18.4. The van der Waals surface area contributed by atoms with Gasteiger partial charge < -0.3 is 19.3 Å². The number of thiophene rings is 1. The predicted molar refractivity (Wildman–Crippen MR) is 114 cm³/mol. The van der Waals surface area contributed by atoms with Gasteiger partial charge in [0.2, 0.25) is 5.91 Å². The molecule has 2 heterocycles. The Bertz CT molecular complexity index is 881. The van der Waals surface area contributed by atoms with E-state index in [1.165, 1.54) is 7.11 Å². The van der Waals surface area contributed by atoms with Crippen LogP contribution in [-0.2, 0) is 4.79 Å². The molecule has 1 aromatic heterocycles. The van der Waals surface area contributed by atoms with E-state index in [1.807, 2.05) is 24.6 Å². The van der Waals surface area contributed by atoms with Crippen molar-refractivity contribution in [3.63, 3.8) is 0 Å². The van der Waals surface area contributed by atoms with Crippen LogP contribution in [0, 0.1) is 0 Å². The van der Waals surface area contributed by atoms with E-state index in [-0.39, 0.29) is 17.9 Å². The van der Waals surface area contributed by atoms with Crippen molar-refractivity contribution in [2.75, 3.05) is 34.9 Å². The average Bonchev–Trinajstić information content (AvgIpc) is 3.27. The Hall–Kier alpha value is -2.54. The predicted octanol–water partition coefficient (Wildman–Crippen LogP) is 3.93. The van der Waals surface area contributed by atoms with Gasteiger partial charge in [-0.15, -0.1) is 11.3 Å². The lowest BCUT2D eigenvalue weighted by Crippen LogP contribution is -2.46. The standard InChI is InChI=1S/C22H28N2O4S/c1-6-7-10-23(2)22(26)19-14-12-16(27-4)17(28-5)13-15(14)21(25)24(3)20(19)18-9-8-11-29-18/h8-9,11-13,19-20H,6-7,10H2,1-5H3/t19-,20+/m0/s1. The van der Waals surface area contributed by atoms with Crippen molar-refractivity contribution in [2.45, 2.75) is 31.7 Å². The molecule has 2 atom stereocenters. The largest absolute Gasteiger partial charge is 0.493 e. The van der Waals surface area contributed by atoms with E-state index in [9.17, 15) is 9.59 Å². The third-order valence-corrected chi connectivity index (χ3v) is 6.44. The molecule has 0 N–H and O–H groups in total. The zero-order chi connectivity index (χ0) is 21.1. The number of hydrogen-bond acceptors (Lipinski definition) is 5. The summed E-state index contributed by atoms with van der Waals surface area (Å²) < 4.78 is 10.9. The normalized spacial score (nSPS) is 18.4. The quantitative estimate of drug-likeness (QED) is 0.686. The fourth-order valence-corrected chi connectivity index (χ4v) is 4.78. The molecule has 1 aliphatic rings. The van der Waals surface area contributed by atoms with E-state index in [4.69, 9.17) is 9.47 Å². The molecule has 6 nitrogen and oxygen atoms in total. The number of amides is 2. The van der Waals surface area contributed by atoms with Crippen molar-refractivity contribution in [3.8, 4) is 11.5 Å². The molecule has 7 heteroatoms. The van der Waals surface area contributed by atoms with E-state index >= 15 is 0 Å². The second-order valence-corrected chi connectivity index (χ2v) is 8.24. The van der Waals surface area contributed by atoms with Crippen molar-refractivity contribution in [1.82, 2.24) is 9.80 Å². The maximum atomic E-state index is 13.6. The summed E-state index contributed by atoms with van der Waals surface area (Å²) in [6.07, 6.45) is 1.95. The van der Waals surface area contributed by atoms with Gasteiger partial charge in [-0.05, 0) is 35.6 Å². The highest BCUT2D eigenvalue weighted by molar-refractivity contribution is 7.10. The maximum absolute atomic E-state index is 13.6. The Labute approximate surface area is 176 Å². The number of carbonyl (C=O) groups excluding carboxylic acids is 2. The highest BCUT2D eigenvalue weighted by Gasteiger charge is 2.44. The van der Waals surface area contributed by atoms with E-state index in [1.54, 1.807) is 47.4 Å². The van der Waals surface area contributed by atoms with Gasteiger partial charge in [0.05, 0.1) is 26.2 Å². The second-order valence-electron chi connectivity index (χ2n) is 7.26. The molecule has 0 unspecified atom stereocenters. The third kappa shape index (κ3) is 3.83. The Morgan fingerprint density at radius 1 is 1.24 bits per heavy atom. The summed E-state index contributed by atoms with van der Waals surface area (Å²) in [5.41, 5.74) is 1.18. The molecule has 0 aliphatic carbocycles. The lowest BCUT2D eigenvalue weighted by molar-refractivity contribution is -0.133. The topological polar surface area (TPSA) is 59.1 Å². The first kappa shape index (κ1) is 21.2. The van der Waals surface area contributed by atoms with Gasteiger partial charge in [-0.2, -0.15) is 0 Å². The van der Waals surface area contributed by atoms with E-state index in [2.05, 4.69) is 6.92 Å². The monoisotopic (exact) mass is 416 g/mol. The molecule has 1 aliphatic heterocycles. The molecule has 0 bridgehead atoms. The molecule has 0 radical (unpaired) electrons. The number of fused-ring (bicyclic) bond motifs is 1. The molecule has 29 heavy (non-hydrogen) atoms. The van der Waals surface area contributed by atoms with Gasteiger partial charge in [-0.25, -0.2) is 0 Å². The lowest BCUT2D eigenvalue weighted by Gasteiger charge is -2.40. The molecule has 156 valence electrons. The molecule has 0 spiro atoms. The summed E-state index contributed by atoms with van der Waals surface area (Å²) in [7, 11) is 6.69. The van der Waals surface area contributed by atoms with Gasteiger partial charge in [-0.3, -0.25) is 9.59 Å². The summed E-state index contributed by atoms with van der Waals surface area (Å²) in [4.78, 5) is 31.3. The van der Waals surface area contributed by atoms with Crippen LogP contribution < -0.4 is 9.47 Å². The second kappa shape index (κ2) is 8.86. The summed E-state index contributed by atoms with van der Waals surface area (Å²) in [5, 5.41) is 1.97. The molecule has 2 aromatic rings. The fourth-order valence-electron chi connectivity index (χ4n) is 3.87. The molecule has 1 aromatic carbocycles. The van der Waals surface area contributed by atoms with E-state index < -0.39 is 5.92 Å². The SMILES string of the molecule is CCCCN(C)C(=O)[C@H]1c2cc(OC)c(OC)cc2C(=O)N(C)[C@@H]1c1cccs1. The minimum Gasteiger partial charge on any atom is -0.493 e. The number of methoxy groups -OCH3 is 2. The van der Waals surface area contributed by atoms with Gasteiger partial charge in [0.1, 0.15) is 0 Å². The van der Waals surface area contributed by atoms with Crippen LogP contribution in [0.5, 0.6) is 11.5 Å². The minimum atomic E-state index is -0.506. The number of likely N-dealkylation sites (N-methyl/N-ethyl adjacent to an activating group) is 2. The first-order valence-corrected chi connectivity index (χ1v) is 10.6. The Balaban J connectivity index is 2.17. The molecule has 0 saturated carbocycles. The average molecular weight is 417 g/mol. The fraction of sp³-hybridized carbons (Fsp3) is 0.455. The number of unbranched alkanes of at least 4 members (excludes halogenated alkanes) is 1. The molecule has 0 saturated heterocycles. The van der Waals surface area contributed by atoms with Crippen molar-refractivity contribution in [2.24, 2.45) is 0 Å². The van der Waals surface area contributed by atoms with Crippen LogP contribution in [0.25, 0.3) is 0 Å². The number of nitrogens with zero attached hydrogens (tertiary/aromatic N) is 2. The van der Waals surface area contributed by atoms with Gasteiger partial charge in [0.25, 0.3) is 5.91 Å². The van der Waals surface area contributed by atoms with Crippen LogP contribution in [0.15, 0.2) is 29.6 Å². The zero-order valence-electron chi connectivity index (χ0n) is 17.6. The van der Waals surface area contributed by atoms with Crippen molar-refractivity contribution < 1.29 is 19.1 Å². The van der Waals surface area contributed by atoms with Crippen LogP contribution in [0.2, 0.25) is 0 Å². The summed E-state index contributed by atoms with van der Waals surface area (Å²) >= 11 is 1.56. The number of ether oxygens (including phenoxy) is 2. The molecule has 0 fully saturated rings. The van der Waals surface area contributed by atoms with E-state index in [0.29, 0.717) is 29.2 Å². The highest BCUT2D eigenvalue weighted by Crippen LogP contribution is 2.47. The van der Waals surface area contributed by atoms with Crippen LogP contribution >= 0.6 is 11.3 Å². The molecular weight excluding hydrogens is 388 g/mol. The van der Waals surface area contributed by atoms with Crippen LogP contribution in [0.4, 0.5) is 0 Å². The first-order chi connectivity index (χ1) is 13.9. The van der Waals surface area contributed by atoms with Gasteiger partial charge >= 0.3 is 0 Å². The van der Waals surface area contributed by atoms with Crippen LogP contribution in [0.1, 0.15) is 52.5 Å². The number of benzene rings is 1. The van der Waals surface area contributed by atoms with Gasteiger partial charge in [-0.1, -0.05) is 19.4 Å². The van der Waals surface area contributed by atoms with Gasteiger partial charge in [0, 0.05) is 31.1 Å². The van der Waals surface area contributed by atoms with Crippen molar-refractivity contribution >= 4 is 23.2 Å². The van der Waals surface area contributed by atoms with Crippen molar-refractivity contribution in [1.29, 1.82) is 0 Å². The van der Waals surface area contributed by atoms with E-state index in [0.717, 1.165) is 17.7 Å². The Kier molecular flexibility index (Phi) is 6.47.